The maximum Gasteiger partial charge on any atom is 0.181 e. The first-order valence-corrected chi connectivity index (χ1v) is 7.59. The predicted octanol–water partition coefficient (Wildman–Crippen LogP) is 5.07. The van der Waals surface area contributed by atoms with Crippen molar-refractivity contribution in [1.29, 1.82) is 0 Å². The molecule has 0 radical (unpaired) electrons. The standard InChI is InChI=1S/C17H28O/c1-4-5-6-7-8-9-10-15-11-12-17(18)16(15)13-14(2)3/h11-15H,4-10H2,1-3H3/b16-13+/t15-/m1/s1. The summed E-state index contributed by atoms with van der Waals surface area (Å²) in [5.41, 5.74) is 1.04. The van der Waals surface area contributed by atoms with Crippen molar-refractivity contribution >= 4 is 5.78 Å². The highest BCUT2D eigenvalue weighted by Gasteiger charge is 2.22. The average molecular weight is 248 g/mol. The number of rotatable bonds is 8. The summed E-state index contributed by atoms with van der Waals surface area (Å²) in [4.78, 5) is 11.7. The lowest BCUT2D eigenvalue weighted by molar-refractivity contribution is -0.111. The lowest BCUT2D eigenvalue weighted by atomic mass is 9.93. The monoisotopic (exact) mass is 248 g/mol. The van der Waals surface area contributed by atoms with Gasteiger partial charge in [-0.15, -0.1) is 0 Å². The number of unbranched alkanes of at least 4 members (excludes halogenated alkanes) is 5. The van der Waals surface area contributed by atoms with Crippen molar-refractivity contribution in [1.82, 2.24) is 0 Å². The fourth-order valence-electron chi connectivity index (χ4n) is 2.55. The summed E-state index contributed by atoms with van der Waals surface area (Å²) in [6, 6.07) is 0. The number of hydrogen-bond donors (Lipinski definition) is 0. The summed E-state index contributed by atoms with van der Waals surface area (Å²) < 4.78 is 0. The number of ketones is 1. The fourth-order valence-corrected chi connectivity index (χ4v) is 2.55. The second-order valence-corrected chi connectivity index (χ2v) is 5.75. The summed E-state index contributed by atoms with van der Waals surface area (Å²) in [6.45, 7) is 6.53. The van der Waals surface area contributed by atoms with Gasteiger partial charge in [0.15, 0.2) is 5.78 Å². The number of carbonyl (C=O) groups is 1. The lowest BCUT2D eigenvalue weighted by Crippen LogP contribution is -2.04. The van der Waals surface area contributed by atoms with E-state index in [2.05, 4.69) is 32.9 Å². The van der Waals surface area contributed by atoms with Crippen LogP contribution in [-0.2, 0) is 4.79 Å². The highest BCUT2D eigenvalue weighted by atomic mass is 16.1. The first kappa shape index (κ1) is 15.2. The average Bonchev–Trinajstić information content (AvgIpc) is 2.65. The third kappa shape index (κ3) is 5.20. The van der Waals surface area contributed by atoms with Gasteiger partial charge in [0.25, 0.3) is 0 Å². The molecule has 102 valence electrons. The van der Waals surface area contributed by atoms with Crippen molar-refractivity contribution in [2.24, 2.45) is 11.8 Å². The van der Waals surface area contributed by atoms with Gasteiger partial charge >= 0.3 is 0 Å². The van der Waals surface area contributed by atoms with Crippen molar-refractivity contribution in [3.8, 4) is 0 Å². The third-order valence-electron chi connectivity index (χ3n) is 3.55. The Morgan fingerprint density at radius 1 is 1.17 bits per heavy atom. The van der Waals surface area contributed by atoms with Gasteiger partial charge in [0.05, 0.1) is 0 Å². The van der Waals surface area contributed by atoms with E-state index in [1.54, 1.807) is 6.08 Å². The van der Waals surface area contributed by atoms with E-state index < -0.39 is 0 Å². The molecule has 0 aliphatic heterocycles. The first-order valence-electron chi connectivity index (χ1n) is 7.59. The van der Waals surface area contributed by atoms with Crippen LogP contribution in [0.15, 0.2) is 23.8 Å². The molecule has 0 spiro atoms. The molecule has 0 unspecified atom stereocenters. The second kappa shape index (κ2) is 8.29. The molecule has 0 aromatic heterocycles. The summed E-state index contributed by atoms with van der Waals surface area (Å²) >= 11 is 0. The van der Waals surface area contributed by atoms with Crippen LogP contribution in [0.4, 0.5) is 0 Å². The molecule has 1 aliphatic carbocycles. The molecule has 1 atom stereocenters. The molecule has 1 nitrogen and oxygen atoms in total. The molecule has 0 amide bonds. The van der Waals surface area contributed by atoms with E-state index in [0.29, 0.717) is 11.8 Å². The van der Waals surface area contributed by atoms with Crippen LogP contribution in [0, 0.1) is 11.8 Å². The summed E-state index contributed by atoms with van der Waals surface area (Å²) in [6.07, 6.45) is 15.1. The van der Waals surface area contributed by atoms with Crippen molar-refractivity contribution in [3.63, 3.8) is 0 Å². The van der Waals surface area contributed by atoms with Crippen molar-refractivity contribution in [2.45, 2.75) is 65.7 Å². The SMILES string of the molecule is CCCCCCCC[C@@H]1C=CC(=O)/C1=C/C(C)C. The van der Waals surface area contributed by atoms with Gasteiger partial charge in [-0.3, -0.25) is 4.79 Å². The normalized spacial score (nSPS) is 21.4. The number of allylic oxidation sites excluding steroid dienone is 4. The molecule has 1 heteroatoms. The van der Waals surface area contributed by atoms with Crippen LogP contribution >= 0.6 is 0 Å². The molecule has 0 aromatic carbocycles. The molecule has 0 bridgehead atoms. The lowest BCUT2D eigenvalue weighted by Gasteiger charge is -2.11. The van der Waals surface area contributed by atoms with E-state index in [-0.39, 0.29) is 5.78 Å². The smallest absolute Gasteiger partial charge is 0.181 e. The maximum absolute atomic E-state index is 11.7. The molecular weight excluding hydrogens is 220 g/mol. The summed E-state index contributed by atoms with van der Waals surface area (Å²) in [5.74, 6) is 1.10. The van der Waals surface area contributed by atoms with Crippen LogP contribution in [0.25, 0.3) is 0 Å². The highest BCUT2D eigenvalue weighted by molar-refractivity contribution is 6.07. The Bertz CT molecular complexity index is 310. The van der Waals surface area contributed by atoms with Crippen molar-refractivity contribution < 1.29 is 4.79 Å². The van der Waals surface area contributed by atoms with Gasteiger partial charge in [0.2, 0.25) is 0 Å². The Morgan fingerprint density at radius 3 is 2.50 bits per heavy atom. The van der Waals surface area contributed by atoms with Crippen LogP contribution in [0.1, 0.15) is 65.7 Å². The molecular formula is C17H28O. The minimum Gasteiger partial charge on any atom is -0.290 e. The number of hydrogen-bond acceptors (Lipinski definition) is 1. The van der Waals surface area contributed by atoms with Crippen LogP contribution < -0.4 is 0 Å². The largest absolute Gasteiger partial charge is 0.290 e. The van der Waals surface area contributed by atoms with Gasteiger partial charge in [0.1, 0.15) is 0 Å². The predicted molar refractivity (Wildman–Crippen MR) is 78.6 cm³/mol. The molecule has 0 N–H and O–H groups in total. The maximum atomic E-state index is 11.7. The van der Waals surface area contributed by atoms with Crippen molar-refractivity contribution in [3.05, 3.63) is 23.8 Å². The van der Waals surface area contributed by atoms with Crippen LogP contribution in [0.3, 0.4) is 0 Å². The topological polar surface area (TPSA) is 17.1 Å². The van der Waals surface area contributed by atoms with Gasteiger partial charge < -0.3 is 0 Å². The van der Waals surface area contributed by atoms with E-state index >= 15 is 0 Å². The molecule has 0 heterocycles. The van der Waals surface area contributed by atoms with E-state index in [4.69, 9.17) is 0 Å². The Morgan fingerprint density at radius 2 is 1.83 bits per heavy atom. The van der Waals surface area contributed by atoms with Crippen LogP contribution in [0.2, 0.25) is 0 Å². The fraction of sp³-hybridized carbons (Fsp3) is 0.706. The Hall–Kier alpha value is -0.850. The van der Waals surface area contributed by atoms with E-state index in [1.807, 2.05) is 0 Å². The summed E-state index contributed by atoms with van der Waals surface area (Å²) in [7, 11) is 0. The van der Waals surface area contributed by atoms with E-state index in [1.165, 1.54) is 38.5 Å². The molecule has 1 rings (SSSR count). The first-order chi connectivity index (χ1) is 8.65. The molecule has 1 aliphatic rings. The number of carbonyl (C=O) groups excluding carboxylic acids is 1. The van der Waals surface area contributed by atoms with Crippen molar-refractivity contribution in [2.75, 3.05) is 0 Å². The molecule has 18 heavy (non-hydrogen) atoms. The zero-order chi connectivity index (χ0) is 13.4. The quantitative estimate of drug-likeness (QED) is 0.433. The molecule has 0 saturated carbocycles. The minimum absolute atomic E-state index is 0.236. The Labute approximate surface area is 112 Å². The molecule has 0 saturated heterocycles. The van der Waals surface area contributed by atoms with Crippen LogP contribution in [-0.4, -0.2) is 5.78 Å². The van der Waals surface area contributed by atoms with Gasteiger partial charge in [-0.1, -0.05) is 71.4 Å². The third-order valence-corrected chi connectivity index (χ3v) is 3.55. The van der Waals surface area contributed by atoms with Gasteiger partial charge in [-0.2, -0.15) is 0 Å². The highest BCUT2D eigenvalue weighted by Crippen LogP contribution is 2.28. The van der Waals surface area contributed by atoms with Gasteiger partial charge in [0, 0.05) is 11.5 Å². The van der Waals surface area contributed by atoms with E-state index in [0.717, 1.165) is 12.0 Å². The zero-order valence-corrected chi connectivity index (χ0v) is 12.2. The Kier molecular flexibility index (Phi) is 7.00. The molecule has 0 aromatic rings. The minimum atomic E-state index is 0.236. The van der Waals surface area contributed by atoms with Gasteiger partial charge in [-0.05, 0) is 18.4 Å². The molecule has 0 fully saturated rings. The zero-order valence-electron chi connectivity index (χ0n) is 12.2. The van der Waals surface area contributed by atoms with E-state index in [9.17, 15) is 4.79 Å². The second-order valence-electron chi connectivity index (χ2n) is 5.75. The summed E-state index contributed by atoms with van der Waals surface area (Å²) in [5, 5.41) is 0. The van der Waals surface area contributed by atoms with Crippen LogP contribution in [0.5, 0.6) is 0 Å². The Balaban J connectivity index is 2.29. The van der Waals surface area contributed by atoms with Gasteiger partial charge in [-0.25, -0.2) is 0 Å².